The Hall–Kier alpha value is -1.46. The Labute approximate surface area is 165 Å². The SMILES string of the molecule is CCOc1cccc(CN[C@H](CC)CO)c1OCc1ccc(Cl)cc1Cl. The minimum absolute atomic E-state index is 0.0457. The van der Waals surface area contributed by atoms with E-state index in [1.54, 1.807) is 12.1 Å². The van der Waals surface area contributed by atoms with Crippen LogP contribution in [0.3, 0.4) is 0 Å². The summed E-state index contributed by atoms with van der Waals surface area (Å²) in [7, 11) is 0. The summed E-state index contributed by atoms with van der Waals surface area (Å²) in [4.78, 5) is 0. The van der Waals surface area contributed by atoms with Crippen molar-refractivity contribution in [1.29, 1.82) is 0 Å². The molecule has 2 aromatic rings. The Morgan fingerprint density at radius 1 is 1.08 bits per heavy atom. The lowest BCUT2D eigenvalue weighted by Crippen LogP contribution is -2.31. The molecule has 0 bridgehead atoms. The molecule has 0 radical (unpaired) electrons. The van der Waals surface area contributed by atoms with Crippen LogP contribution in [0.4, 0.5) is 0 Å². The minimum Gasteiger partial charge on any atom is -0.490 e. The highest BCUT2D eigenvalue weighted by atomic mass is 35.5. The van der Waals surface area contributed by atoms with Gasteiger partial charge in [0, 0.05) is 33.8 Å². The van der Waals surface area contributed by atoms with Gasteiger partial charge < -0.3 is 19.9 Å². The molecule has 6 heteroatoms. The van der Waals surface area contributed by atoms with Crippen LogP contribution in [0.5, 0.6) is 11.5 Å². The zero-order valence-electron chi connectivity index (χ0n) is 15.1. The molecule has 0 unspecified atom stereocenters. The van der Waals surface area contributed by atoms with Gasteiger partial charge in [-0.1, -0.05) is 48.3 Å². The van der Waals surface area contributed by atoms with Gasteiger partial charge in [0.15, 0.2) is 11.5 Å². The van der Waals surface area contributed by atoms with Crippen LogP contribution in [0, 0.1) is 0 Å². The number of benzene rings is 2. The Morgan fingerprint density at radius 3 is 2.54 bits per heavy atom. The predicted octanol–water partition coefficient (Wildman–Crippen LogP) is 4.83. The standard InChI is InChI=1S/C20H25Cl2NO3/c1-3-17(12-24)23-11-14-6-5-7-19(25-4-2)20(14)26-13-15-8-9-16(21)10-18(15)22/h5-10,17,23-24H,3-4,11-13H2,1-2H3/t17-/m1/s1. The molecule has 0 amide bonds. The van der Waals surface area contributed by atoms with Gasteiger partial charge in [-0.2, -0.15) is 0 Å². The number of aliphatic hydroxyl groups is 1. The quantitative estimate of drug-likeness (QED) is 0.602. The smallest absolute Gasteiger partial charge is 0.166 e. The van der Waals surface area contributed by atoms with Gasteiger partial charge in [-0.15, -0.1) is 0 Å². The molecule has 1 atom stereocenters. The van der Waals surface area contributed by atoms with Gasteiger partial charge in [0.05, 0.1) is 13.2 Å². The second-order valence-electron chi connectivity index (χ2n) is 5.87. The molecular weight excluding hydrogens is 373 g/mol. The van der Waals surface area contributed by atoms with Crippen LogP contribution in [0.1, 0.15) is 31.4 Å². The summed E-state index contributed by atoms with van der Waals surface area (Å²) in [5.74, 6) is 1.37. The van der Waals surface area contributed by atoms with Gasteiger partial charge in [0.1, 0.15) is 6.61 Å². The van der Waals surface area contributed by atoms with Crippen LogP contribution in [0.25, 0.3) is 0 Å². The molecule has 0 aliphatic rings. The number of para-hydroxylation sites is 1. The summed E-state index contributed by atoms with van der Waals surface area (Å²) in [6.45, 7) is 5.49. The lowest BCUT2D eigenvalue weighted by atomic mass is 10.1. The Bertz CT molecular complexity index is 705. The second kappa shape index (κ2) is 10.6. The van der Waals surface area contributed by atoms with E-state index in [1.807, 2.05) is 38.1 Å². The molecule has 0 spiro atoms. The topological polar surface area (TPSA) is 50.7 Å². The lowest BCUT2D eigenvalue weighted by Gasteiger charge is -2.19. The van der Waals surface area contributed by atoms with Crippen LogP contribution in [-0.4, -0.2) is 24.4 Å². The molecule has 0 heterocycles. The van der Waals surface area contributed by atoms with Crippen molar-refractivity contribution in [3.05, 3.63) is 57.6 Å². The fraction of sp³-hybridized carbons (Fsp3) is 0.400. The van der Waals surface area contributed by atoms with E-state index in [1.165, 1.54) is 0 Å². The number of ether oxygens (including phenoxy) is 2. The van der Waals surface area contributed by atoms with Gasteiger partial charge in [0.2, 0.25) is 0 Å². The average Bonchev–Trinajstić information content (AvgIpc) is 2.63. The van der Waals surface area contributed by atoms with Crippen molar-refractivity contribution in [2.45, 2.75) is 39.5 Å². The maximum atomic E-state index is 9.37. The van der Waals surface area contributed by atoms with E-state index in [9.17, 15) is 5.11 Å². The number of hydrogen-bond donors (Lipinski definition) is 2. The molecule has 2 aromatic carbocycles. The van der Waals surface area contributed by atoms with Gasteiger partial charge in [-0.05, 0) is 31.5 Å². The highest BCUT2D eigenvalue weighted by Gasteiger charge is 2.14. The molecule has 0 saturated heterocycles. The molecule has 0 fully saturated rings. The summed E-state index contributed by atoms with van der Waals surface area (Å²) >= 11 is 12.2. The van der Waals surface area contributed by atoms with Crippen LogP contribution < -0.4 is 14.8 Å². The normalized spacial score (nSPS) is 12.0. The fourth-order valence-corrected chi connectivity index (χ4v) is 2.98. The van der Waals surface area contributed by atoms with E-state index < -0.39 is 0 Å². The fourth-order valence-electron chi connectivity index (χ4n) is 2.51. The van der Waals surface area contributed by atoms with E-state index in [0.29, 0.717) is 41.3 Å². The maximum Gasteiger partial charge on any atom is 0.166 e. The Kier molecular flexibility index (Phi) is 8.52. The van der Waals surface area contributed by atoms with Crippen LogP contribution in [0.2, 0.25) is 10.0 Å². The van der Waals surface area contributed by atoms with E-state index in [0.717, 1.165) is 17.5 Å². The summed E-state index contributed by atoms with van der Waals surface area (Å²) < 4.78 is 11.8. The highest BCUT2D eigenvalue weighted by molar-refractivity contribution is 6.35. The molecule has 0 saturated carbocycles. The van der Waals surface area contributed by atoms with Crippen LogP contribution >= 0.6 is 23.2 Å². The van der Waals surface area contributed by atoms with Crippen molar-refractivity contribution < 1.29 is 14.6 Å². The number of hydrogen-bond acceptors (Lipinski definition) is 4. The largest absolute Gasteiger partial charge is 0.490 e. The van der Waals surface area contributed by atoms with Crippen LogP contribution in [0.15, 0.2) is 36.4 Å². The molecule has 0 aromatic heterocycles. The molecule has 4 nitrogen and oxygen atoms in total. The first-order valence-electron chi connectivity index (χ1n) is 8.74. The molecule has 0 aliphatic carbocycles. The molecule has 26 heavy (non-hydrogen) atoms. The van der Waals surface area contributed by atoms with E-state index in [-0.39, 0.29) is 12.6 Å². The molecule has 2 N–H and O–H groups in total. The first-order valence-corrected chi connectivity index (χ1v) is 9.50. The predicted molar refractivity (Wildman–Crippen MR) is 106 cm³/mol. The second-order valence-corrected chi connectivity index (χ2v) is 6.71. The maximum absolute atomic E-state index is 9.37. The van der Waals surface area contributed by atoms with Crippen molar-refractivity contribution in [1.82, 2.24) is 5.32 Å². The Morgan fingerprint density at radius 2 is 1.88 bits per heavy atom. The lowest BCUT2D eigenvalue weighted by molar-refractivity contribution is 0.236. The van der Waals surface area contributed by atoms with Gasteiger partial charge in [0.25, 0.3) is 0 Å². The van der Waals surface area contributed by atoms with Crippen LogP contribution in [-0.2, 0) is 13.2 Å². The summed E-state index contributed by atoms with van der Waals surface area (Å²) in [5.41, 5.74) is 1.82. The number of aliphatic hydroxyl groups excluding tert-OH is 1. The van der Waals surface area contributed by atoms with Gasteiger partial charge in [-0.3, -0.25) is 0 Å². The first-order chi connectivity index (χ1) is 12.6. The average molecular weight is 398 g/mol. The number of halogens is 2. The monoisotopic (exact) mass is 397 g/mol. The van der Waals surface area contributed by atoms with Crippen molar-refractivity contribution in [3.63, 3.8) is 0 Å². The molecule has 2 rings (SSSR count). The summed E-state index contributed by atoms with van der Waals surface area (Å²) in [6, 6.07) is 11.2. The molecule has 0 aliphatic heterocycles. The third kappa shape index (κ3) is 5.78. The van der Waals surface area contributed by atoms with Crippen molar-refractivity contribution in [2.24, 2.45) is 0 Å². The number of nitrogens with one attached hydrogen (secondary N) is 1. The molecular formula is C20H25Cl2NO3. The van der Waals surface area contributed by atoms with Crippen molar-refractivity contribution >= 4 is 23.2 Å². The number of rotatable bonds is 10. The van der Waals surface area contributed by atoms with E-state index >= 15 is 0 Å². The Balaban J connectivity index is 2.19. The zero-order chi connectivity index (χ0) is 18.9. The summed E-state index contributed by atoms with van der Waals surface area (Å²) in [5, 5.41) is 13.9. The minimum atomic E-state index is 0.0457. The first kappa shape index (κ1) is 20.8. The van der Waals surface area contributed by atoms with Crippen molar-refractivity contribution in [3.8, 4) is 11.5 Å². The van der Waals surface area contributed by atoms with Crippen molar-refractivity contribution in [2.75, 3.05) is 13.2 Å². The highest BCUT2D eigenvalue weighted by Crippen LogP contribution is 2.33. The third-order valence-corrected chi connectivity index (χ3v) is 4.63. The van der Waals surface area contributed by atoms with Gasteiger partial charge in [-0.25, -0.2) is 0 Å². The zero-order valence-corrected chi connectivity index (χ0v) is 16.6. The summed E-state index contributed by atoms with van der Waals surface area (Å²) in [6.07, 6.45) is 0.845. The van der Waals surface area contributed by atoms with E-state index in [4.69, 9.17) is 32.7 Å². The third-order valence-electron chi connectivity index (χ3n) is 4.04. The van der Waals surface area contributed by atoms with E-state index in [2.05, 4.69) is 5.32 Å². The molecule has 142 valence electrons. The van der Waals surface area contributed by atoms with Gasteiger partial charge >= 0.3 is 0 Å².